The number of urea groups is 1. The summed E-state index contributed by atoms with van der Waals surface area (Å²) in [5.74, 6) is -1.07. The molecule has 0 bridgehead atoms. The van der Waals surface area contributed by atoms with E-state index in [1.807, 2.05) is 13.8 Å². The van der Waals surface area contributed by atoms with Gasteiger partial charge in [0.05, 0.1) is 5.41 Å². The largest absolute Gasteiger partial charge is 0.481 e. The number of hydrogen-bond acceptors (Lipinski definition) is 3. The lowest BCUT2D eigenvalue weighted by atomic mass is 9.76. The number of carboxylic acids is 1. The van der Waals surface area contributed by atoms with E-state index in [-0.39, 0.29) is 18.4 Å². The molecule has 1 atom stereocenters. The van der Waals surface area contributed by atoms with Gasteiger partial charge in [-0.15, -0.1) is 0 Å². The molecule has 1 saturated heterocycles. The Morgan fingerprint density at radius 1 is 1.29 bits per heavy atom. The predicted octanol–water partition coefficient (Wildman–Crippen LogP) is 1.43. The number of primary amides is 1. The van der Waals surface area contributed by atoms with Crippen LogP contribution < -0.4 is 11.1 Å². The van der Waals surface area contributed by atoms with Gasteiger partial charge in [0.25, 0.3) is 5.91 Å². The van der Waals surface area contributed by atoms with Crippen molar-refractivity contribution in [3.05, 3.63) is 35.4 Å². The molecule has 1 aliphatic heterocycles. The smallest absolute Gasteiger partial charge is 0.312 e. The van der Waals surface area contributed by atoms with Gasteiger partial charge in [0.2, 0.25) is 0 Å². The first kappa shape index (κ1) is 17.8. The first-order valence-electron chi connectivity index (χ1n) is 7.91. The van der Waals surface area contributed by atoms with Crippen LogP contribution in [0.25, 0.3) is 0 Å². The van der Waals surface area contributed by atoms with E-state index in [0.29, 0.717) is 25.1 Å². The summed E-state index contributed by atoms with van der Waals surface area (Å²) in [4.78, 5) is 36.6. The standard InChI is InChI=1S/C17H23N3O4/c1-11(2)17(15(22)23)7-8-20(10-17)14(21)13-5-3-12(4-6-13)9-19-16(18)24/h3-6,11H,7-10H2,1-2H3,(H,22,23)(H3,18,19,24). The first-order valence-corrected chi connectivity index (χ1v) is 7.91. The highest BCUT2D eigenvalue weighted by Gasteiger charge is 2.48. The van der Waals surface area contributed by atoms with Crippen LogP contribution in [0.2, 0.25) is 0 Å². The van der Waals surface area contributed by atoms with Crippen LogP contribution in [-0.4, -0.2) is 41.0 Å². The highest BCUT2D eigenvalue weighted by atomic mass is 16.4. The van der Waals surface area contributed by atoms with Crippen molar-refractivity contribution in [1.29, 1.82) is 0 Å². The maximum atomic E-state index is 12.6. The van der Waals surface area contributed by atoms with E-state index >= 15 is 0 Å². The molecule has 1 aromatic rings. The fraction of sp³-hybridized carbons (Fsp3) is 0.471. The minimum absolute atomic E-state index is 0.0462. The molecular formula is C17H23N3O4. The maximum Gasteiger partial charge on any atom is 0.312 e. The number of benzene rings is 1. The van der Waals surface area contributed by atoms with Crippen molar-refractivity contribution in [1.82, 2.24) is 10.2 Å². The first-order chi connectivity index (χ1) is 11.3. The molecule has 0 spiro atoms. The van der Waals surface area contributed by atoms with Crippen LogP contribution in [0.4, 0.5) is 4.79 Å². The fourth-order valence-corrected chi connectivity index (χ4v) is 3.04. The van der Waals surface area contributed by atoms with Crippen molar-refractivity contribution in [3.63, 3.8) is 0 Å². The third kappa shape index (κ3) is 3.50. The van der Waals surface area contributed by atoms with Crippen LogP contribution >= 0.6 is 0 Å². The molecule has 0 radical (unpaired) electrons. The van der Waals surface area contributed by atoms with Crippen molar-refractivity contribution >= 4 is 17.9 Å². The second kappa shape index (κ2) is 6.90. The van der Waals surface area contributed by atoms with E-state index in [0.717, 1.165) is 5.56 Å². The van der Waals surface area contributed by atoms with Crippen LogP contribution in [0.5, 0.6) is 0 Å². The Hall–Kier alpha value is -2.57. The zero-order valence-electron chi connectivity index (χ0n) is 13.9. The van der Waals surface area contributed by atoms with Crippen molar-refractivity contribution in [3.8, 4) is 0 Å². The Morgan fingerprint density at radius 2 is 1.92 bits per heavy atom. The van der Waals surface area contributed by atoms with Crippen LogP contribution in [0.3, 0.4) is 0 Å². The number of carbonyl (C=O) groups is 3. The zero-order chi connectivity index (χ0) is 17.9. The molecule has 7 heteroatoms. The van der Waals surface area contributed by atoms with Crippen LogP contribution in [0, 0.1) is 11.3 Å². The summed E-state index contributed by atoms with van der Waals surface area (Å²) in [6.07, 6.45) is 0.465. The molecule has 1 fully saturated rings. The topological polar surface area (TPSA) is 113 Å². The number of nitrogens with two attached hydrogens (primary N) is 1. The van der Waals surface area contributed by atoms with Gasteiger partial charge in [-0.2, -0.15) is 0 Å². The summed E-state index contributed by atoms with van der Waals surface area (Å²) < 4.78 is 0. The summed E-state index contributed by atoms with van der Waals surface area (Å²) in [6, 6.07) is 6.23. The third-order valence-electron chi connectivity index (χ3n) is 4.79. The van der Waals surface area contributed by atoms with Gasteiger partial charge in [-0.25, -0.2) is 4.79 Å². The molecule has 1 aliphatic rings. The van der Waals surface area contributed by atoms with E-state index in [4.69, 9.17) is 5.73 Å². The molecule has 1 unspecified atom stereocenters. The Kier molecular flexibility index (Phi) is 5.11. The molecular weight excluding hydrogens is 310 g/mol. The summed E-state index contributed by atoms with van der Waals surface area (Å²) in [5, 5.41) is 12.0. The Bertz CT molecular complexity index is 642. The van der Waals surface area contributed by atoms with Gasteiger partial charge in [0.15, 0.2) is 0 Å². The Labute approximate surface area is 140 Å². The number of aliphatic carboxylic acids is 1. The van der Waals surface area contributed by atoms with E-state index in [1.165, 1.54) is 0 Å². The predicted molar refractivity (Wildman–Crippen MR) is 88.3 cm³/mol. The van der Waals surface area contributed by atoms with E-state index in [9.17, 15) is 19.5 Å². The molecule has 130 valence electrons. The normalized spacial score (nSPS) is 20.2. The molecule has 0 aromatic heterocycles. The van der Waals surface area contributed by atoms with Gasteiger partial charge in [-0.05, 0) is 30.0 Å². The quantitative estimate of drug-likeness (QED) is 0.756. The molecule has 7 nitrogen and oxygen atoms in total. The molecule has 1 aromatic carbocycles. The van der Waals surface area contributed by atoms with Gasteiger partial charge in [0, 0.05) is 25.2 Å². The lowest BCUT2D eigenvalue weighted by Gasteiger charge is -2.28. The summed E-state index contributed by atoms with van der Waals surface area (Å²) in [7, 11) is 0. The van der Waals surface area contributed by atoms with Gasteiger partial charge in [0.1, 0.15) is 0 Å². The van der Waals surface area contributed by atoms with Gasteiger partial charge < -0.3 is 21.1 Å². The number of rotatable bonds is 5. The van der Waals surface area contributed by atoms with Gasteiger partial charge in [-0.3, -0.25) is 9.59 Å². The zero-order valence-corrected chi connectivity index (χ0v) is 13.9. The molecule has 2 rings (SSSR count). The van der Waals surface area contributed by atoms with Crippen LogP contribution in [0.15, 0.2) is 24.3 Å². The average molecular weight is 333 g/mol. The molecule has 24 heavy (non-hydrogen) atoms. The molecule has 4 N–H and O–H groups in total. The van der Waals surface area contributed by atoms with Gasteiger partial charge in [-0.1, -0.05) is 26.0 Å². The number of hydrogen-bond donors (Lipinski definition) is 3. The minimum atomic E-state index is -0.874. The SMILES string of the molecule is CC(C)C1(C(=O)O)CCN(C(=O)c2ccc(CNC(N)=O)cc2)C1. The second-order valence-corrected chi connectivity index (χ2v) is 6.51. The highest BCUT2D eigenvalue weighted by molar-refractivity contribution is 5.95. The fourth-order valence-electron chi connectivity index (χ4n) is 3.04. The molecule has 0 saturated carbocycles. The van der Waals surface area contributed by atoms with Gasteiger partial charge >= 0.3 is 12.0 Å². The minimum Gasteiger partial charge on any atom is -0.481 e. The lowest BCUT2D eigenvalue weighted by Crippen LogP contribution is -2.40. The van der Waals surface area contributed by atoms with E-state index < -0.39 is 17.4 Å². The monoisotopic (exact) mass is 333 g/mol. The van der Waals surface area contributed by atoms with Crippen molar-refractivity contribution in [2.45, 2.75) is 26.8 Å². The van der Waals surface area contributed by atoms with Crippen molar-refractivity contribution in [2.24, 2.45) is 17.1 Å². The number of likely N-dealkylation sites (tertiary alicyclic amines) is 1. The number of carbonyl (C=O) groups excluding carboxylic acids is 2. The highest BCUT2D eigenvalue weighted by Crippen LogP contribution is 2.38. The molecule has 1 heterocycles. The summed E-state index contributed by atoms with van der Waals surface area (Å²) in [6.45, 7) is 4.71. The Morgan fingerprint density at radius 3 is 2.38 bits per heavy atom. The Balaban J connectivity index is 2.07. The lowest BCUT2D eigenvalue weighted by molar-refractivity contribution is -0.150. The van der Waals surface area contributed by atoms with Crippen molar-refractivity contribution in [2.75, 3.05) is 13.1 Å². The molecule has 3 amide bonds. The second-order valence-electron chi connectivity index (χ2n) is 6.51. The number of nitrogens with one attached hydrogen (secondary N) is 1. The number of nitrogens with zero attached hydrogens (tertiary/aromatic N) is 1. The van der Waals surface area contributed by atoms with Crippen molar-refractivity contribution < 1.29 is 19.5 Å². The number of carboxylic acid groups (broad SMARTS) is 1. The summed E-state index contributed by atoms with van der Waals surface area (Å²) >= 11 is 0. The average Bonchev–Trinajstić information content (AvgIpc) is 2.99. The van der Waals surface area contributed by atoms with Crippen LogP contribution in [-0.2, 0) is 11.3 Å². The number of amides is 3. The third-order valence-corrected chi connectivity index (χ3v) is 4.79. The van der Waals surface area contributed by atoms with E-state index in [1.54, 1.807) is 29.2 Å². The summed E-state index contributed by atoms with van der Waals surface area (Å²) in [5.41, 5.74) is 5.47. The van der Waals surface area contributed by atoms with E-state index in [2.05, 4.69) is 5.32 Å². The molecule has 0 aliphatic carbocycles. The van der Waals surface area contributed by atoms with Crippen LogP contribution in [0.1, 0.15) is 36.2 Å². The maximum absolute atomic E-state index is 12.6.